The zero-order valence-corrected chi connectivity index (χ0v) is 13.5. The van der Waals surface area contributed by atoms with Crippen molar-refractivity contribution in [3.8, 4) is 12.3 Å². The van der Waals surface area contributed by atoms with Gasteiger partial charge in [-0.3, -0.25) is 0 Å². The van der Waals surface area contributed by atoms with Crippen molar-refractivity contribution >= 4 is 5.82 Å². The number of terminal acetylenes is 1. The van der Waals surface area contributed by atoms with Gasteiger partial charge in [0, 0.05) is 19.4 Å². The van der Waals surface area contributed by atoms with Crippen LogP contribution in [0.25, 0.3) is 0 Å². The third-order valence-electron chi connectivity index (χ3n) is 4.48. The van der Waals surface area contributed by atoms with Crippen LogP contribution < -0.4 is 5.73 Å². The van der Waals surface area contributed by atoms with Crippen LogP contribution in [0.4, 0.5) is 5.82 Å². The van der Waals surface area contributed by atoms with Crippen LogP contribution in [0, 0.1) is 12.3 Å². The van der Waals surface area contributed by atoms with E-state index in [0.717, 1.165) is 11.5 Å². The van der Waals surface area contributed by atoms with Crippen molar-refractivity contribution in [3.63, 3.8) is 0 Å². The second kappa shape index (κ2) is 6.53. The van der Waals surface area contributed by atoms with E-state index in [-0.39, 0.29) is 5.60 Å². The zero-order valence-electron chi connectivity index (χ0n) is 13.5. The minimum absolute atomic E-state index is 0.271. The number of anilines is 1. The van der Waals surface area contributed by atoms with Gasteiger partial charge in [-0.2, -0.15) is 0 Å². The van der Waals surface area contributed by atoms with E-state index in [0.29, 0.717) is 24.7 Å². The van der Waals surface area contributed by atoms with Crippen molar-refractivity contribution < 1.29 is 4.74 Å². The van der Waals surface area contributed by atoms with Crippen molar-refractivity contribution in [2.75, 3.05) is 12.8 Å². The van der Waals surface area contributed by atoms with E-state index in [1.807, 2.05) is 18.4 Å². The molecule has 1 fully saturated rings. The average Bonchev–Trinajstić information content (AvgIpc) is 2.77. The van der Waals surface area contributed by atoms with E-state index >= 15 is 0 Å². The van der Waals surface area contributed by atoms with Gasteiger partial charge in [0.2, 0.25) is 0 Å². The lowest BCUT2D eigenvalue weighted by Gasteiger charge is -2.22. The topological polar surface area (TPSA) is 53.1 Å². The Morgan fingerprint density at radius 3 is 2.62 bits per heavy atom. The summed E-state index contributed by atoms with van der Waals surface area (Å²) >= 11 is 0. The summed E-state index contributed by atoms with van der Waals surface area (Å²) in [5, 5.41) is 0. The summed E-state index contributed by atoms with van der Waals surface area (Å²) in [6.45, 7) is 4.60. The molecule has 1 heterocycles. The van der Waals surface area contributed by atoms with E-state index in [9.17, 15) is 0 Å². The van der Waals surface area contributed by atoms with Crippen molar-refractivity contribution in [2.45, 2.75) is 70.4 Å². The Morgan fingerprint density at radius 1 is 1.38 bits per heavy atom. The van der Waals surface area contributed by atoms with Crippen LogP contribution in [0.3, 0.4) is 0 Å². The first-order valence-corrected chi connectivity index (χ1v) is 7.82. The van der Waals surface area contributed by atoms with Gasteiger partial charge in [-0.15, -0.1) is 6.42 Å². The first kappa shape index (κ1) is 15.9. The average molecular weight is 289 g/mol. The Kier molecular flexibility index (Phi) is 4.95. The van der Waals surface area contributed by atoms with Crippen LogP contribution in [0.1, 0.15) is 63.4 Å². The molecule has 1 aliphatic carbocycles. The predicted octanol–water partition coefficient (Wildman–Crippen LogP) is 3.11. The molecular formula is C17H27N3O. The van der Waals surface area contributed by atoms with Gasteiger partial charge in [0.1, 0.15) is 11.6 Å². The number of hydrogen-bond donors (Lipinski definition) is 1. The second-order valence-electron chi connectivity index (χ2n) is 6.57. The molecule has 1 aliphatic rings. The van der Waals surface area contributed by atoms with Crippen LogP contribution >= 0.6 is 0 Å². The minimum Gasteiger partial charge on any atom is -0.384 e. The summed E-state index contributed by atoms with van der Waals surface area (Å²) in [5.41, 5.74) is 6.95. The number of ether oxygens (including phenoxy) is 1. The Balaban J connectivity index is 2.33. The molecule has 0 aromatic carbocycles. The quantitative estimate of drug-likeness (QED) is 0.847. The zero-order chi connectivity index (χ0) is 15.5. The normalized spacial score (nSPS) is 16.9. The molecular weight excluding hydrogens is 262 g/mol. The van der Waals surface area contributed by atoms with Gasteiger partial charge < -0.3 is 15.0 Å². The third kappa shape index (κ3) is 3.59. The lowest BCUT2D eigenvalue weighted by Crippen LogP contribution is -2.26. The van der Waals surface area contributed by atoms with Crippen LogP contribution in [0.2, 0.25) is 0 Å². The summed E-state index contributed by atoms with van der Waals surface area (Å²) in [6, 6.07) is 0. The highest BCUT2D eigenvalue weighted by Gasteiger charge is 2.27. The van der Waals surface area contributed by atoms with Gasteiger partial charge in [-0.1, -0.05) is 25.2 Å². The van der Waals surface area contributed by atoms with Crippen LogP contribution in [0.15, 0.2) is 0 Å². The van der Waals surface area contributed by atoms with Gasteiger partial charge >= 0.3 is 0 Å². The summed E-state index contributed by atoms with van der Waals surface area (Å²) < 4.78 is 7.53. The first-order chi connectivity index (χ1) is 9.98. The molecule has 4 heteroatoms. The third-order valence-corrected chi connectivity index (χ3v) is 4.48. The maximum Gasteiger partial charge on any atom is 0.127 e. The van der Waals surface area contributed by atoms with Gasteiger partial charge in [-0.25, -0.2) is 4.98 Å². The Labute approximate surface area is 128 Å². The standard InChI is InChI=1S/C17H27N3O/c1-5-11-20-15(18)14(12-17(2,3)21-4)19-16(20)13-9-7-6-8-10-13/h1,13H,6-12,18H2,2-4H3. The fraction of sp³-hybridized carbons (Fsp3) is 0.706. The van der Waals surface area contributed by atoms with E-state index in [2.05, 4.69) is 5.92 Å². The molecule has 2 N–H and O–H groups in total. The molecule has 4 nitrogen and oxygen atoms in total. The molecule has 21 heavy (non-hydrogen) atoms. The molecule has 1 aromatic heterocycles. The summed E-state index contributed by atoms with van der Waals surface area (Å²) in [7, 11) is 1.72. The summed E-state index contributed by atoms with van der Waals surface area (Å²) in [6.07, 6.45) is 12.5. The van der Waals surface area contributed by atoms with Crippen molar-refractivity contribution in [1.82, 2.24) is 9.55 Å². The van der Waals surface area contributed by atoms with E-state index in [4.69, 9.17) is 21.9 Å². The highest BCUT2D eigenvalue weighted by molar-refractivity contribution is 5.40. The molecule has 1 saturated carbocycles. The lowest BCUT2D eigenvalue weighted by atomic mass is 9.88. The predicted molar refractivity (Wildman–Crippen MR) is 86.1 cm³/mol. The second-order valence-corrected chi connectivity index (χ2v) is 6.57. The number of hydrogen-bond acceptors (Lipinski definition) is 3. The maximum atomic E-state index is 6.31. The Hall–Kier alpha value is -1.47. The maximum absolute atomic E-state index is 6.31. The van der Waals surface area contributed by atoms with Crippen LogP contribution in [-0.4, -0.2) is 22.3 Å². The number of imidazole rings is 1. The molecule has 0 bridgehead atoms. The molecule has 0 saturated heterocycles. The van der Waals surface area contributed by atoms with E-state index in [1.165, 1.54) is 32.1 Å². The fourth-order valence-electron chi connectivity index (χ4n) is 3.07. The van der Waals surface area contributed by atoms with Crippen molar-refractivity contribution in [1.29, 1.82) is 0 Å². The van der Waals surface area contributed by atoms with Gasteiger partial charge in [0.15, 0.2) is 0 Å². The number of nitrogens with two attached hydrogens (primary N) is 1. The molecule has 0 spiro atoms. The van der Waals surface area contributed by atoms with E-state index in [1.54, 1.807) is 7.11 Å². The molecule has 1 aromatic rings. The SMILES string of the molecule is C#CCn1c(C2CCCCC2)nc(CC(C)(C)OC)c1N. The first-order valence-electron chi connectivity index (χ1n) is 7.82. The lowest BCUT2D eigenvalue weighted by molar-refractivity contribution is 0.0226. The minimum atomic E-state index is -0.271. The molecule has 0 amide bonds. The number of rotatable bonds is 5. The molecule has 0 unspecified atom stereocenters. The molecule has 0 aliphatic heterocycles. The van der Waals surface area contributed by atoms with Crippen LogP contribution in [-0.2, 0) is 17.7 Å². The van der Waals surface area contributed by atoms with E-state index < -0.39 is 0 Å². The number of nitrogen functional groups attached to an aromatic ring is 1. The fourth-order valence-corrected chi connectivity index (χ4v) is 3.07. The highest BCUT2D eigenvalue weighted by Crippen LogP contribution is 2.34. The Bertz CT molecular complexity index is 519. The molecule has 0 atom stereocenters. The van der Waals surface area contributed by atoms with Gasteiger partial charge in [-0.05, 0) is 26.7 Å². The highest BCUT2D eigenvalue weighted by atomic mass is 16.5. The largest absolute Gasteiger partial charge is 0.384 e. The number of aromatic nitrogens is 2. The van der Waals surface area contributed by atoms with Gasteiger partial charge in [0.25, 0.3) is 0 Å². The molecule has 2 rings (SSSR count). The molecule has 0 radical (unpaired) electrons. The summed E-state index contributed by atoms with van der Waals surface area (Å²) in [4.78, 5) is 4.85. The smallest absolute Gasteiger partial charge is 0.127 e. The monoisotopic (exact) mass is 289 g/mol. The van der Waals surface area contributed by atoms with Gasteiger partial charge in [0.05, 0.1) is 17.8 Å². The van der Waals surface area contributed by atoms with Crippen LogP contribution in [0.5, 0.6) is 0 Å². The van der Waals surface area contributed by atoms with Crippen molar-refractivity contribution in [2.24, 2.45) is 0 Å². The summed E-state index contributed by atoms with van der Waals surface area (Å²) in [5.74, 6) is 4.98. The Morgan fingerprint density at radius 2 is 2.05 bits per heavy atom. The number of nitrogens with zero attached hydrogens (tertiary/aromatic N) is 2. The van der Waals surface area contributed by atoms with Crippen molar-refractivity contribution in [3.05, 3.63) is 11.5 Å². The molecule has 116 valence electrons. The number of methoxy groups -OCH3 is 1.